The average molecular weight is 280 g/mol. The second-order valence-corrected chi connectivity index (χ2v) is 4.20. The van der Waals surface area contributed by atoms with Crippen molar-refractivity contribution in [3.05, 3.63) is 35.4 Å². The fourth-order valence-corrected chi connectivity index (χ4v) is 1.64. The predicted molar refractivity (Wildman–Crippen MR) is 74.1 cm³/mol. The summed E-state index contributed by atoms with van der Waals surface area (Å²) in [5, 5.41) is 0. The monoisotopic (exact) mass is 280 g/mol. The fraction of sp³-hybridized carbons (Fsp3) is 0.429. The molecule has 0 aromatic heterocycles. The minimum atomic E-state index is -0.465. The largest absolute Gasteiger partial charge is 0.468 e. The molecule has 0 aliphatic carbocycles. The standard InChI is InChI=1S/C14H20N2O4/c1-19-8-7-16(10-13(17)20-2)14(18)12-5-3-11(9-15)4-6-12/h3-6H,7-10,15H2,1-2H3. The van der Waals surface area contributed by atoms with Gasteiger partial charge in [0.05, 0.1) is 13.7 Å². The molecule has 0 atom stereocenters. The minimum Gasteiger partial charge on any atom is -0.468 e. The van der Waals surface area contributed by atoms with Crippen molar-refractivity contribution in [1.29, 1.82) is 0 Å². The first kappa shape index (κ1) is 16.1. The Morgan fingerprint density at radius 1 is 1.20 bits per heavy atom. The van der Waals surface area contributed by atoms with Crippen molar-refractivity contribution in [1.82, 2.24) is 4.90 Å². The Morgan fingerprint density at radius 2 is 1.85 bits per heavy atom. The molecule has 20 heavy (non-hydrogen) atoms. The molecule has 1 aromatic carbocycles. The number of ether oxygens (including phenoxy) is 2. The number of carbonyl (C=O) groups excluding carboxylic acids is 2. The Balaban J connectivity index is 2.81. The topological polar surface area (TPSA) is 81.9 Å². The van der Waals surface area contributed by atoms with Crippen molar-refractivity contribution in [3.8, 4) is 0 Å². The lowest BCUT2D eigenvalue weighted by atomic mass is 10.1. The molecule has 6 heteroatoms. The maximum Gasteiger partial charge on any atom is 0.325 e. The Hall–Kier alpha value is -1.92. The highest BCUT2D eigenvalue weighted by molar-refractivity contribution is 5.96. The highest BCUT2D eigenvalue weighted by Gasteiger charge is 2.18. The van der Waals surface area contributed by atoms with Gasteiger partial charge in [-0.1, -0.05) is 12.1 Å². The lowest BCUT2D eigenvalue weighted by molar-refractivity contribution is -0.141. The van der Waals surface area contributed by atoms with Gasteiger partial charge in [0.15, 0.2) is 0 Å². The molecule has 0 radical (unpaired) electrons. The van der Waals surface area contributed by atoms with Crippen LogP contribution < -0.4 is 5.73 Å². The van der Waals surface area contributed by atoms with E-state index in [2.05, 4.69) is 4.74 Å². The molecule has 0 saturated carbocycles. The van der Waals surface area contributed by atoms with Crippen LogP contribution in [0, 0.1) is 0 Å². The van der Waals surface area contributed by atoms with E-state index in [1.165, 1.54) is 19.1 Å². The third-order valence-corrected chi connectivity index (χ3v) is 2.84. The van der Waals surface area contributed by atoms with Gasteiger partial charge in [-0.05, 0) is 17.7 Å². The number of carbonyl (C=O) groups is 2. The molecule has 110 valence electrons. The summed E-state index contributed by atoms with van der Waals surface area (Å²) in [5.74, 6) is -0.705. The Morgan fingerprint density at radius 3 is 2.35 bits per heavy atom. The molecule has 0 bridgehead atoms. The summed E-state index contributed by atoms with van der Waals surface area (Å²) in [5.41, 5.74) is 6.96. The number of esters is 1. The highest BCUT2D eigenvalue weighted by Crippen LogP contribution is 2.08. The zero-order valence-corrected chi connectivity index (χ0v) is 11.8. The third-order valence-electron chi connectivity index (χ3n) is 2.84. The average Bonchev–Trinajstić information content (AvgIpc) is 2.50. The van der Waals surface area contributed by atoms with Crippen molar-refractivity contribution >= 4 is 11.9 Å². The van der Waals surface area contributed by atoms with E-state index in [1.807, 2.05) is 0 Å². The van der Waals surface area contributed by atoms with Gasteiger partial charge < -0.3 is 20.1 Å². The number of hydrogen-bond acceptors (Lipinski definition) is 5. The second kappa shape index (κ2) is 8.29. The number of benzene rings is 1. The Bertz CT molecular complexity index is 445. The number of hydrogen-bond donors (Lipinski definition) is 1. The first-order valence-corrected chi connectivity index (χ1v) is 6.26. The van der Waals surface area contributed by atoms with Gasteiger partial charge >= 0.3 is 5.97 Å². The summed E-state index contributed by atoms with van der Waals surface area (Å²) in [4.78, 5) is 25.1. The number of rotatable bonds is 7. The van der Waals surface area contributed by atoms with Gasteiger partial charge in [0, 0.05) is 25.8 Å². The molecule has 2 N–H and O–H groups in total. The Kier molecular flexibility index (Phi) is 6.69. The highest BCUT2D eigenvalue weighted by atomic mass is 16.5. The summed E-state index contributed by atoms with van der Waals surface area (Å²) in [6.07, 6.45) is 0. The molecule has 0 fully saturated rings. The van der Waals surface area contributed by atoms with Crippen LogP contribution in [0.15, 0.2) is 24.3 Å². The van der Waals surface area contributed by atoms with Gasteiger partial charge in [-0.25, -0.2) is 0 Å². The van der Waals surface area contributed by atoms with E-state index < -0.39 is 5.97 Å². The molecule has 0 unspecified atom stereocenters. The van der Waals surface area contributed by atoms with Gasteiger partial charge in [0.2, 0.25) is 0 Å². The van der Waals surface area contributed by atoms with Crippen LogP contribution in [0.5, 0.6) is 0 Å². The van der Waals surface area contributed by atoms with Gasteiger partial charge in [-0.15, -0.1) is 0 Å². The molecule has 1 aromatic rings. The summed E-state index contributed by atoms with van der Waals surface area (Å²) >= 11 is 0. The number of methoxy groups -OCH3 is 2. The predicted octanol–water partition coefficient (Wildman–Crippen LogP) is 0.407. The Labute approximate surface area is 118 Å². The zero-order valence-electron chi connectivity index (χ0n) is 11.8. The van der Waals surface area contributed by atoms with E-state index >= 15 is 0 Å². The van der Waals surface area contributed by atoms with Crippen LogP contribution in [0.4, 0.5) is 0 Å². The zero-order chi connectivity index (χ0) is 15.0. The van der Waals surface area contributed by atoms with Crippen molar-refractivity contribution in [2.75, 3.05) is 33.9 Å². The molecule has 0 aliphatic rings. The van der Waals surface area contributed by atoms with Crippen LogP contribution in [0.1, 0.15) is 15.9 Å². The van der Waals surface area contributed by atoms with Gasteiger partial charge in [-0.2, -0.15) is 0 Å². The normalized spacial score (nSPS) is 10.2. The SMILES string of the molecule is COCCN(CC(=O)OC)C(=O)c1ccc(CN)cc1. The van der Waals surface area contributed by atoms with Crippen molar-refractivity contribution < 1.29 is 19.1 Å². The molecule has 1 rings (SSSR count). The van der Waals surface area contributed by atoms with E-state index in [9.17, 15) is 9.59 Å². The van der Waals surface area contributed by atoms with Crippen molar-refractivity contribution in [3.63, 3.8) is 0 Å². The second-order valence-electron chi connectivity index (χ2n) is 4.20. The lowest BCUT2D eigenvalue weighted by Crippen LogP contribution is -2.38. The number of nitrogens with zero attached hydrogens (tertiary/aromatic N) is 1. The van der Waals surface area contributed by atoms with Crippen LogP contribution in [0.2, 0.25) is 0 Å². The smallest absolute Gasteiger partial charge is 0.325 e. The van der Waals surface area contributed by atoms with Crippen LogP contribution in [-0.4, -0.2) is 50.7 Å². The molecule has 0 spiro atoms. The summed E-state index contributed by atoms with van der Waals surface area (Å²) in [6.45, 7) is 0.994. The summed E-state index contributed by atoms with van der Waals surface area (Å²) in [6, 6.07) is 6.98. The van der Waals surface area contributed by atoms with Gasteiger partial charge in [0.1, 0.15) is 6.54 Å². The van der Waals surface area contributed by atoms with Crippen LogP contribution in [0.3, 0.4) is 0 Å². The molecular formula is C14H20N2O4. The lowest BCUT2D eigenvalue weighted by Gasteiger charge is -2.21. The molecule has 6 nitrogen and oxygen atoms in total. The quantitative estimate of drug-likeness (QED) is 0.731. The van der Waals surface area contributed by atoms with Crippen LogP contribution >= 0.6 is 0 Å². The van der Waals surface area contributed by atoms with E-state index in [1.54, 1.807) is 24.3 Å². The number of nitrogens with two attached hydrogens (primary N) is 1. The van der Waals surface area contributed by atoms with Gasteiger partial charge in [-0.3, -0.25) is 9.59 Å². The maximum atomic E-state index is 12.3. The number of amides is 1. The van der Waals surface area contributed by atoms with E-state index in [-0.39, 0.29) is 12.5 Å². The fourth-order valence-electron chi connectivity index (χ4n) is 1.64. The first-order valence-electron chi connectivity index (χ1n) is 6.26. The molecule has 1 amide bonds. The third kappa shape index (κ3) is 4.64. The van der Waals surface area contributed by atoms with Crippen LogP contribution in [0.25, 0.3) is 0 Å². The summed E-state index contributed by atoms with van der Waals surface area (Å²) < 4.78 is 9.54. The van der Waals surface area contributed by atoms with Crippen molar-refractivity contribution in [2.45, 2.75) is 6.54 Å². The van der Waals surface area contributed by atoms with Gasteiger partial charge in [0.25, 0.3) is 5.91 Å². The molecule has 0 saturated heterocycles. The van der Waals surface area contributed by atoms with Crippen LogP contribution in [-0.2, 0) is 20.8 Å². The van der Waals surface area contributed by atoms with Crippen molar-refractivity contribution in [2.24, 2.45) is 5.73 Å². The minimum absolute atomic E-state index is 0.0999. The summed E-state index contributed by atoms with van der Waals surface area (Å²) in [7, 11) is 2.83. The first-order chi connectivity index (χ1) is 9.62. The van der Waals surface area contributed by atoms with E-state index in [0.717, 1.165) is 5.56 Å². The molecular weight excluding hydrogens is 260 g/mol. The molecule has 0 heterocycles. The van der Waals surface area contributed by atoms with E-state index in [4.69, 9.17) is 10.5 Å². The van der Waals surface area contributed by atoms with E-state index in [0.29, 0.717) is 25.3 Å². The maximum absolute atomic E-state index is 12.3. The molecule has 0 aliphatic heterocycles.